The van der Waals surface area contributed by atoms with Crippen LogP contribution in [0.5, 0.6) is 0 Å². The molecule has 40 heavy (non-hydrogen) atoms. The first-order valence-corrected chi connectivity index (χ1v) is 13.7. The standard InChI is InChI=1S/C28H43N3O8.CH4/c1-21(32)12-13-23(31-27(34)35-16-22-8-4-3-5-9-22)26(33)30-15-7-11-25-38-19-28(20-39-25)17-36-24(37-18-28)10-6-14-29-2;/h3-5,8-9,23-25,29H,6-7,10-20H2,1-2H3,(H,30,33)(H,31,34);1H4. The number of hydrogen-bond acceptors (Lipinski definition) is 9. The van der Waals surface area contributed by atoms with E-state index in [-0.39, 0.29) is 56.6 Å². The summed E-state index contributed by atoms with van der Waals surface area (Å²) in [6.07, 6.45) is 2.20. The van der Waals surface area contributed by atoms with E-state index in [0.29, 0.717) is 45.8 Å². The molecule has 1 atom stereocenters. The van der Waals surface area contributed by atoms with E-state index in [4.69, 9.17) is 23.7 Å². The van der Waals surface area contributed by atoms with Crippen LogP contribution in [0.2, 0.25) is 0 Å². The Bertz CT molecular complexity index is 883. The van der Waals surface area contributed by atoms with Gasteiger partial charge in [0.25, 0.3) is 0 Å². The lowest BCUT2D eigenvalue weighted by Gasteiger charge is -2.43. The lowest BCUT2D eigenvalue weighted by molar-refractivity contribution is -0.304. The Morgan fingerprint density at radius 2 is 1.52 bits per heavy atom. The molecule has 1 aromatic rings. The summed E-state index contributed by atoms with van der Waals surface area (Å²) < 4.78 is 28.8. The second kappa shape index (κ2) is 18.0. The van der Waals surface area contributed by atoms with E-state index in [0.717, 1.165) is 24.9 Å². The van der Waals surface area contributed by atoms with E-state index >= 15 is 0 Å². The maximum atomic E-state index is 12.7. The number of alkyl carbamates (subject to hydrolysis) is 1. The van der Waals surface area contributed by atoms with Gasteiger partial charge in [0.15, 0.2) is 12.6 Å². The van der Waals surface area contributed by atoms with Crippen LogP contribution in [0.1, 0.15) is 58.4 Å². The number of carbonyl (C=O) groups is 3. The molecule has 1 spiro atoms. The van der Waals surface area contributed by atoms with Crippen LogP contribution in [-0.4, -0.2) is 83.0 Å². The molecule has 3 N–H and O–H groups in total. The number of rotatable bonds is 15. The highest BCUT2D eigenvalue weighted by Crippen LogP contribution is 2.31. The summed E-state index contributed by atoms with van der Waals surface area (Å²) in [5.41, 5.74) is 0.554. The molecule has 2 amide bonds. The summed E-state index contributed by atoms with van der Waals surface area (Å²) >= 11 is 0. The molecule has 1 aromatic carbocycles. The third kappa shape index (κ3) is 11.9. The number of ketones is 1. The highest BCUT2D eigenvalue weighted by atomic mass is 16.7. The molecule has 1 unspecified atom stereocenters. The molecule has 0 aromatic heterocycles. The van der Waals surface area contributed by atoms with Crippen molar-refractivity contribution in [3.05, 3.63) is 35.9 Å². The molecule has 11 heteroatoms. The van der Waals surface area contributed by atoms with E-state index in [1.807, 2.05) is 37.4 Å². The molecule has 2 fully saturated rings. The number of hydrogen-bond donors (Lipinski definition) is 3. The van der Waals surface area contributed by atoms with Crippen LogP contribution in [0.15, 0.2) is 30.3 Å². The predicted molar refractivity (Wildman–Crippen MR) is 149 cm³/mol. The Labute approximate surface area is 238 Å². The van der Waals surface area contributed by atoms with Gasteiger partial charge in [0.1, 0.15) is 18.4 Å². The second-order valence-electron chi connectivity index (χ2n) is 10.3. The van der Waals surface area contributed by atoms with E-state index in [1.165, 1.54) is 6.92 Å². The van der Waals surface area contributed by atoms with Crippen molar-refractivity contribution in [2.24, 2.45) is 5.41 Å². The Kier molecular flexibility index (Phi) is 15.1. The minimum absolute atomic E-state index is 0. The zero-order valence-corrected chi connectivity index (χ0v) is 23.1. The van der Waals surface area contributed by atoms with Gasteiger partial charge in [0.2, 0.25) is 5.91 Å². The summed E-state index contributed by atoms with van der Waals surface area (Å²) in [5.74, 6) is -0.423. The van der Waals surface area contributed by atoms with E-state index in [9.17, 15) is 14.4 Å². The summed E-state index contributed by atoms with van der Waals surface area (Å²) in [6, 6.07) is 8.38. The van der Waals surface area contributed by atoms with Crippen molar-refractivity contribution in [2.75, 3.05) is 46.6 Å². The van der Waals surface area contributed by atoms with Crippen LogP contribution in [0.25, 0.3) is 0 Å². The Balaban J connectivity index is 0.00000560. The molecule has 2 aliphatic rings. The zero-order chi connectivity index (χ0) is 27.9. The van der Waals surface area contributed by atoms with Gasteiger partial charge in [-0.25, -0.2) is 4.79 Å². The maximum absolute atomic E-state index is 12.7. The van der Waals surface area contributed by atoms with Gasteiger partial charge in [-0.1, -0.05) is 37.8 Å². The van der Waals surface area contributed by atoms with Crippen LogP contribution >= 0.6 is 0 Å². The average molecular weight is 566 g/mol. The molecule has 2 aliphatic heterocycles. The van der Waals surface area contributed by atoms with Gasteiger partial charge in [-0.3, -0.25) is 4.79 Å². The summed E-state index contributed by atoms with van der Waals surface area (Å²) in [5, 5.41) is 8.53. The number of amides is 2. The van der Waals surface area contributed by atoms with Crippen LogP contribution < -0.4 is 16.0 Å². The number of carbonyl (C=O) groups excluding carboxylic acids is 3. The van der Waals surface area contributed by atoms with Crippen molar-refractivity contribution in [3.8, 4) is 0 Å². The third-order valence-corrected chi connectivity index (χ3v) is 6.69. The van der Waals surface area contributed by atoms with Crippen molar-refractivity contribution in [1.29, 1.82) is 0 Å². The topological polar surface area (TPSA) is 133 Å². The molecule has 2 saturated heterocycles. The zero-order valence-electron chi connectivity index (χ0n) is 23.1. The first kappa shape index (κ1) is 33.6. The Morgan fingerprint density at radius 3 is 2.08 bits per heavy atom. The molecular weight excluding hydrogens is 518 g/mol. The van der Waals surface area contributed by atoms with Crippen molar-refractivity contribution in [1.82, 2.24) is 16.0 Å². The van der Waals surface area contributed by atoms with Gasteiger partial charge in [-0.2, -0.15) is 0 Å². The molecule has 3 rings (SSSR count). The molecule has 11 nitrogen and oxygen atoms in total. The fourth-order valence-corrected chi connectivity index (χ4v) is 4.33. The minimum Gasteiger partial charge on any atom is -0.445 e. The van der Waals surface area contributed by atoms with Gasteiger partial charge in [0.05, 0.1) is 31.8 Å². The normalized spacial score (nSPS) is 23.1. The molecular formula is C29H47N3O8. The SMILES string of the molecule is C.CNCCCC1OCC2(CO1)COC(CCCNC(=O)C(CCC(C)=O)NC(=O)OCc1ccccc1)OC2. The van der Waals surface area contributed by atoms with Gasteiger partial charge in [0, 0.05) is 19.4 Å². The monoisotopic (exact) mass is 565 g/mol. The smallest absolute Gasteiger partial charge is 0.408 e. The maximum Gasteiger partial charge on any atom is 0.408 e. The van der Waals surface area contributed by atoms with Crippen LogP contribution in [0, 0.1) is 5.41 Å². The van der Waals surface area contributed by atoms with E-state index < -0.39 is 12.1 Å². The quantitative estimate of drug-likeness (QED) is 0.275. The number of ether oxygens (including phenoxy) is 5. The van der Waals surface area contributed by atoms with Crippen LogP contribution in [-0.2, 0) is 39.9 Å². The molecule has 0 bridgehead atoms. The lowest BCUT2D eigenvalue weighted by Crippen LogP contribution is -2.52. The fraction of sp³-hybridized carbons (Fsp3) is 0.690. The predicted octanol–water partition coefficient (Wildman–Crippen LogP) is 2.91. The van der Waals surface area contributed by atoms with E-state index in [2.05, 4.69) is 16.0 Å². The van der Waals surface area contributed by atoms with Gasteiger partial charge in [-0.15, -0.1) is 0 Å². The minimum atomic E-state index is -0.868. The lowest BCUT2D eigenvalue weighted by atomic mass is 9.90. The third-order valence-electron chi connectivity index (χ3n) is 6.69. The highest BCUT2D eigenvalue weighted by Gasteiger charge is 2.41. The Hall–Kier alpha value is -2.57. The van der Waals surface area contributed by atoms with Crippen molar-refractivity contribution < 1.29 is 38.1 Å². The van der Waals surface area contributed by atoms with Crippen LogP contribution in [0.3, 0.4) is 0 Å². The molecule has 0 saturated carbocycles. The second-order valence-corrected chi connectivity index (χ2v) is 10.3. The van der Waals surface area contributed by atoms with Crippen molar-refractivity contribution in [3.63, 3.8) is 0 Å². The first-order chi connectivity index (χ1) is 18.9. The molecule has 226 valence electrons. The summed E-state index contributed by atoms with van der Waals surface area (Å²) in [4.78, 5) is 36.5. The Morgan fingerprint density at radius 1 is 0.950 bits per heavy atom. The van der Waals surface area contributed by atoms with Gasteiger partial charge < -0.3 is 44.4 Å². The number of Topliss-reactive ketones (excluding diaryl/α,β-unsaturated/α-hetero) is 1. The summed E-state index contributed by atoms with van der Waals surface area (Å²) in [7, 11) is 1.93. The molecule has 0 aliphatic carbocycles. The fourth-order valence-electron chi connectivity index (χ4n) is 4.33. The molecule has 2 heterocycles. The average Bonchev–Trinajstić information content (AvgIpc) is 2.95. The van der Waals surface area contributed by atoms with Gasteiger partial charge >= 0.3 is 6.09 Å². The van der Waals surface area contributed by atoms with E-state index in [1.54, 1.807) is 0 Å². The van der Waals surface area contributed by atoms with Crippen molar-refractivity contribution in [2.45, 2.75) is 78.1 Å². The summed E-state index contributed by atoms with van der Waals surface area (Å²) in [6.45, 7) is 4.93. The van der Waals surface area contributed by atoms with Gasteiger partial charge in [-0.05, 0) is 51.8 Å². The number of nitrogens with one attached hydrogen (secondary N) is 3. The van der Waals surface area contributed by atoms with Crippen LogP contribution in [0.4, 0.5) is 4.79 Å². The largest absolute Gasteiger partial charge is 0.445 e. The number of benzene rings is 1. The first-order valence-electron chi connectivity index (χ1n) is 13.7. The highest BCUT2D eigenvalue weighted by molar-refractivity contribution is 5.86. The van der Waals surface area contributed by atoms with Crippen molar-refractivity contribution >= 4 is 17.8 Å². The molecule has 0 radical (unpaired) electrons.